The fourth-order valence-corrected chi connectivity index (χ4v) is 11.1. The zero-order chi connectivity index (χ0) is 55.9. The lowest BCUT2D eigenvalue weighted by atomic mass is 10.2. The highest BCUT2D eigenvalue weighted by Gasteiger charge is 2.40. The predicted octanol–water partition coefficient (Wildman–Crippen LogP) is 8.43. The largest absolute Gasteiger partial charge is 0.480 e. The number of nitrogens with two attached hydrogens (primary N) is 1. The highest BCUT2D eigenvalue weighted by Crippen LogP contribution is 2.30. The molecule has 2 aliphatic rings. The first-order valence-electron chi connectivity index (χ1n) is 24.0. The van der Waals surface area contributed by atoms with E-state index in [1.807, 2.05) is 38.1 Å². The number of esters is 2. The Labute approximate surface area is 445 Å². The summed E-state index contributed by atoms with van der Waals surface area (Å²) in [5.41, 5.74) is 10.8. The van der Waals surface area contributed by atoms with Crippen LogP contribution in [0, 0.1) is 13.8 Å². The van der Waals surface area contributed by atoms with Gasteiger partial charge in [0.2, 0.25) is 26.0 Å². The van der Waals surface area contributed by atoms with Crippen LogP contribution in [0.1, 0.15) is 50.7 Å². The number of nitrogens with one attached hydrogen (secondary N) is 5. The fraction of sp³-hybridized carbons (Fsp3) is 0.222. The van der Waals surface area contributed by atoms with Gasteiger partial charge in [0.05, 0.1) is 9.79 Å². The van der Waals surface area contributed by atoms with Crippen molar-refractivity contribution in [2.45, 2.75) is 75.3 Å². The Morgan fingerprint density at radius 1 is 0.481 bits per heavy atom. The second-order valence-electron chi connectivity index (χ2n) is 17.6. The molecule has 21 nitrogen and oxygen atoms in total. The number of aliphatic carboxylic acids is 1. The Morgan fingerprint density at radius 3 is 1.16 bits per heavy atom. The van der Waals surface area contributed by atoms with Crippen LogP contribution in [-0.4, -0.2) is 91.6 Å². The van der Waals surface area contributed by atoms with Crippen LogP contribution in [0.2, 0.25) is 0 Å². The van der Waals surface area contributed by atoms with Crippen LogP contribution in [0.15, 0.2) is 155 Å². The van der Waals surface area contributed by atoms with Crippen LogP contribution in [0.5, 0.6) is 11.5 Å². The van der Waals surface area contributed by atoms with E-state index >= 15 is 0 Å². The van der Waals surface area contributed by atoms with Crippen molar-refractivity contribution in [3.63, 3.8) is 0 Å². The predicted molar refractivity (Wildman–Crippen MR) is 291 cm³/mol. The van der Waals surface area contributed by atoms with Gasteiger partial charge in [-0.2, -0.15) is 8.61 Å². The summed E-state index contributed by atoms with van der Waals surface area (Å²) in [7, 11) is -7.86. The Bertz CT molecular complexity index is 3270. The topological polar surface area (TPSA) is 302 Å². The smallest absolute Gasteiger partial charge is 0.323 e. The van der Waals surface area contributed by atoms with Gasteiger partial charge in [-0.05, 0) is 161 Å². The number of amides is 5. The number of rotatable bonds is 13. The molecule has 6 aromatic rings. The first kappa shape index (κ1) is 57.6. The molecule has 2 heterocycles. The minimum Gasteiger partial charge on any atom is -0.480 e. The number of benzene rings is 6. The van der Waals surface area contributed by atoms with Gasteiger partial charge in [0.15, 0.2) is 0 Å². The first-order chi connectivity index (χ1) is 36.6. The third-order valence-corrected chi connectivity index (χ3v) is 15.4. The molecule has 8 rings (SSSR count). The van der Waals surface area contributed by atoms with Crippen molar-refractivity contribution in [1.29, 1.82) is 0 Å². The highest BCUT2D eigenvalue weighted by molar-refractivity contribution is 7.89. The standard InChI is InChI=1S/C27H28N4O6S.C19H21N3O5S.C8H9NO2/c1-18-5-7-21(8-6-18)29-27(34)30-22-11-15-24(16-12-22)38(35,36)31-17-3-4-25(31)26(33)28-20-9-13-23(14-10-20)37-19(2)32;1-13-4-6-14(7-5-13)20-19(25)21-15-8-10-16(11-9-15)28(26,27)22-12-2-3-17(22)18(23)24;1-6(10)11-8-4-2-7(9)3-5-8/h5-16,25H,3-4,17H2,1-2H3,(H,28,33)(H2,29,30,34);4-11,17H,2-3,12H2,1H3,(H,23,24)(H2,20,21,25);2-5H,9H2,1H3/t25-;17-;/m00./s1. The summed E-state index contributed by atoms with van der Waals surface area (Å²) >= 11 is 0. The number of aryl methyl sites for hydroxylation is 2. The molecule has 2 atom stereocenters. The molecule has 0 aliphatic carbocycles. The number of urea groups is 2. The molecule has 23 heteroatoms. The molecular formula is C54H58N8O13S2. The molecule has 404 valence electrons. The summed E-state index contributed by atoms with van der Waals surface area (Å²) in [6.07, 6.45) is 1.74. The molecule has 0 spiro atoms. The van der Waals surface area contributed by atoms with Crippen molar-refractivity contribution in [2.75, 3.05) is 45.4 Å². The Hall–Kier alpha value is -8.64. The molecule has 0 saturated carbocycles. The molecule has 2 fully saturated rings. The zero-order valence-electron chi connectivity index (χ0n) is 42.4. The summed E-state index contributed by atoms with van der Waals surface area (Å²) in [4.78, 5) is 70.1. The third-order valence-electron chi connectivity index (χ3n) is 11.6. The van der Waals surface area contributed by atoms with Crippen LogP contribution in [0.25, 0.3) is 0 Å². The molecule has 8 N–H and O–H groups in total. The number of carbonyl (C=O) groups is 6. The van der Waals surface area contributed by atoms with Crippen molar-refractivity contribution in [3.8, 4) is 11.5 Å². The van der Waals surface area contributed by atoms with Crippen molar-refractivity contribution >= 4 is 90.0 Å². The van der Waals surface area contributed by atoms with E-state index in [0.29, 0.717) is 71.3 Å². The fourth-order valence-electron chi connectivity index (χ4n) is 7.82. The van der Waals surface area contributed by atoms with Gasteiger partial charge in [0.1, 0.15) is 23.6 Å². The molecule has 6 aromatic carbocycles. The number of anilines is 6. The molecule has 77 heavy (non-hydrogen) atoms. The van der Waals surface area contributed by atoms with Gasteiger partial charge >= 0.3 is 30.0 Å². The van der Waals surface area contributed by atoms with Crippen LogP contribution >= 0.6 is 0 Å². The lowest BCUT2D eigenvalue weighted by Gasteiger charge is -2.23. The van der Waals surface area contributed by atoms with E-state index in [9.17, 15) is 50.7 Å². The average molecular weight is 1090 g/mol. The Morgan fingerprint density at radius 2 is 0.792 bits per heavy atom. The van der Waals surface area contributed by atoms with Gasteiger partial charge in [-0.3, -0.25) is 19.2 Å². The van der Waals surface area contributed by atoms with Gasteiger partial charge in [0, 0.05) is 61.1 Å². The first-order valence-corrected chi connectivity index (χ1v) is 26.8. The van der Waals surface area contributed by atoms with Crippen LogP contribution in [-0.2, 0) is 39.2 Å². The van der Waals surface area contributed by atoms with E-state index in [1.165, 1.54) is 78.8 Å². The van der Waals surface area contributed by atoms with E-state index in [4.69, 9.17) is 15.2 Å². The van der Waals surface area contributed by atoms with Crippen LogP contribution in [0.4, 0.5) is 43.7 Å². The maximum Gasteiger partial charge on any atom is 0.323 e. The van der Waals surface area contributed by atoms with Crippen LogP contribution < -0.4 is 41.8 Å². The summed E-state index contributed by atoms with van der Waals surface area (Å²) in [6, 6.07) is 36.1. The monoisotopic (exact) mass is 1090 g/mol. The average Bonchev–Trinajstić information content (AvgIpc) is 4.13. The Kier molecular flexibility index (Phi) is 19.6. The summed E-state index contributed by atoms with van der Waals surface area (Å²) in [6.45, 7) is 6.93. The van der Waals surface area contributed by atoms with Crippen molar-refractivity contribution < 1.29 is 60.2 Å². The van der Waals surface area contributed by atoms with Gasteiger partial charge in [-0.25, -0.2) is 26.4 Å². The zero-order valence-corrected chi connectivity index (χ0v) is 44.0. The van der Waals surface area contributed by atoms with Crippen molar-refractivity contribution in [3.05, 3.63) is 157 Å². The molecule has 0 radical (unpaired) electrons. The SMILES string of the molecule is CC(=O)Oc1ccc(N)cc1.CC(=O)Oc1ccc(NC(=O)[C@@H]2CCCN2S(=O)(=O)c2ccc(NC(=O)Nc3ccc(C)cc3)cc2)cc1.Cc1ccc(NC(=O)Nc2ccc(S(=O)(=O)N3CCC[C@H]3C(=O)O)cc2)cc1. The third kappa shape index (κ3) is 16.7. The number of nitrogen functional groups attached to an aromatic ring is 1. The number of nitrogens with zero attached hydrogens (tertiary/aromatic N) is 2. The van der Waals surface area contributed by atoms with E-state index < -0.39 is 62.0 Å². The highest BCUT2D eigenvalue weighted by atomic mass is 32.2. The van der Waals surface area contributed by atoms with E-state index in [2.05, 4.69) is 26.6 Å². The lowest BCUT2D eigenvalue weighted by Crippen LogP contribution is -2.43. The molecular weight excluding hydrogens is 1030 g/mol. The maximum atomic E-state index is 13.3. The Balaban J connectivity index is 0.000000214. The number of ether oxygens (including phenoxy) is 2. The minimum atomic E-state index is -3.96. The molecule has 0 bridgehead atoms. The van der Waals surface area contributed by atoms with Crippen molar-refractivity contribution in [1.82, 2.24) is 8.61 Å². The number of hydrogen-bond donors (Lipinski definition) is 7. The quantitative estimate of drug-likeness (QED) is 0.0324. The molecule has 2 saturated heterocycles. The van der Waals surface area contributed by atoms with E-state index in [1.54, 1.807) is 60.7 Å². The van der Waals surface area contributed by atoms with Crippen LogP contribution in [0.3, 0.4) is 0 Å². The minimum absolute atomic E-state index is 0.00913. The number of carboxylic acids is 1. The molecule has 5 amide bonds. The summed E-state index contributed by atoms with van der Waals surface area (Å²) in [5, 5.41) is 22.6. The normalized spacial score (nSPS) is 15.2. The molecule has 2 aliphatic heterocycles. The van der Waals surface area contributed by atoms with Gasteiger partial charge < -0.3 is 46.9 Å². The number of sulfonamides is 2. The molecule has 0 aromatic heterocycles. The summed E-state index contributed by atoms with van der Waals surface area (Å²) < 4.78 is 64.1. The maximum absolute atomic E-state index is 13.3. The lowest BCUT2D eigenvalue weighted by molar-refractivity contribution is -0.140. The van der Waals surface area contributed by atoms with Gasteiger partial charge in [0.25, 0.3) is 0 Å². The number of carbonyl (C=O) groups excluding carboxylic acids is 5. The number of hydrogen-bond acceptors (Lipinski definition) is 13. The van der Waals surface area contributed by atoms with Gasteiger partial charge in [-0.15, -0.1) is 0 Å². The van der Waals surface area contributed by atoms with Gasteiger partial charge in [-0.1, -0.05) is 35.4 Å². The van der Waals surface area contributed by atoms with E-state index in [-0.39, 0.29) is 28.8 Å². The second kappa shape index (κ2) is 26.2. The second-order valence-corrected chi connectivity index (χ2v) is 21.4. The van der Waals surface area contributed by atoms with E-state index in [0.717, 1.165) is 15.4 Å². The van der Waals surface area contributed by atoms with Crippen molar-refractivity contribution in [2.24, 2.45) is 0 Å². The number of carboxylic acid groups (broad SMARTS) is 1. The molecule has 0 unspecified atom stereocenters. The summed E-state index contributed by atoms with van der Waals surface area (Å²) in [5.74, 6) is -1.51.